The first-order chi connectivity index (χ1) is 13.8. The zero-order valence-corrected chi connectivity index (χ0v) is 15.2. The van der Waals surface area contributed by atoms with Crippen LogP contribution in [0.5, 0.6) is 5.75 Å². The number of carbonyl (C=O) groups is 3. The molecule has 0 bridgehead atoms. The second kappa shape index (κ2) is 6.86. The zero-order chi connectivity index (χ0) is 20.7. The van der Waals surface area contributed by atoms with E-state index >= 15 is 0 Å². The molecule has 1 saturated heterocycles. The van der Waals surface area contributed by atoms with Gasteiger partial charge in [0.1, 0.15) is 17.4 Å². The lowest BCUT2D eigenvalue weighted by molar-refractivity contribution is -0.384. The summed E-state index contributed by atoms with van der Waals surface area (Å²) in [5.41, 5.74) is 1.04. The van der Waals surface area contributed by atoms with Crippen LogP contribution in [0.1, 0.15) is 18.1 Å². The number of nitrogens with zero attached hydrogens (tertiary/aromatic N) is 2. The number of urea groups is 1. The lowest BCUT2D eigenvalue weighted by Crippen LogP contribution is -2.54. The van der Waals surface area contributed by atoms with Crippen molar-refractivity contribution >= 4 is 35.3 Å². The van der Waals surface area contributed by atoms with E-state index in [2.05, 4.69) is 5.32 Å². The van der Waals surface area contributed by atoms with E-state index in [9.17, 15) is 24.5 Å². The molecule has 0 aromatic heterocycles. The minimum absolute atomic E-state index is 0.00345. The predicted molar refractivity (Wildman–Crippen MR) is 102 cm³/mol. The van der Waals surface area contributed by atoms with E-state index < -0.39 is 22.8 Å². The fourth-order valence-electron chi connectivity index (χ4n) is 3.34. The summed E-state index contributed by atoms with van der Waals surface area (Å²) in [5, 5.41) is 13.1. The minimum atomic E-state index is -0.964. The maximum absolute atomic E-state index is 12.9. The highest BCUT2D eigenvalue weighted by Gasteiger charge is 2.37. The first kappa shape index (κ1) is 18.4. The molecule has 2 aliphatic heterocycles. The Morgan fingerprint density at radius 3 is 2.76 bits per heavy atom. The number of carbonyl (C=O) groups excluding carboxylic acids is 3. The van der Waals surface area contributed by atoms with E-state index in [-0.39, 0.29) is 23.1 Å². The average molecular weight is 393 g/mol. The molecule has 1 N–H and O–H groups in total. The molecule has 2 aliphatic rings. The van der Waals surface area contributed by atoms with E-state index in [4.69, 9.17) is 4.74 Å². The number of imide groups is 2. The van der Waals surface area contributed by atoms with E-state index in [1.54, 1.807) is 12.1 Å². The highest BCUT2D eigenvalue weighted by molar-refractivity contribution is 6.39. The standard InChI is InChI=1S/C20H15N3O6/c1-11-7-13-8-12(5-6-17(13)29-11)9-16-18(24)21-20(26)22(19(16)25)14-3-2-4-15(10-14)23(27)28/h2-6,8-11H,7H2,1H3,(H,21,24,26)/b16-9-/t11-/m1/s1. The summed E-state index contributed by atoms with van der Waals surface area (Å²) in [6, 6.07) is 9.40. The number of rotatable bonds is 3. The predicted octanol–water partition coefficient (Wildman–Crippen LogP) is 2.58. The van der Waals surface area contributed by atoms with Gasteiger partial charge < -0.3 is 4.74 Å². The van der Waals surface area contributed by atoms with Gasteiger partial charge in [0.15, 0.2) is 0 Å². The highest BCUT2D eigenvalue weighted by atomic mass is 16.6. The van der Waals surface area contributed by atoms with Gasteiger partial charge in [0.05, 0.1) is 10.6 Å². The van der Waals surface area contributed by atoms with Crippen molar-refractivity contribution < 1.29 is 24.0 Å². The summed E-state index contributed by atoms with van der Waals surface area (Å²) in [6.07, 6.45) is 2.15. The summed E-state index contributed by atoms with van der Waals surface area (Å²) in [5.74, 6) is -0.927. The number of nitro groups is 1. The normalized spacial score (nSPS) is 19.8. The van der Waals surface area contributed by atoms with Crippen LogP contribution in [0.3, 0.4) is 0 Å². The topological polar surface area (TPSA) is 119 Å². The molecule has 0 saturated carbocycles. The van der Waals surface area contributed by atoms with Gasteiger partial charge in [0.25, 0.3) is 17.5 Å². The fourth-order valence-corrected chi connectivity index (χ4v) is 3.34. The van der Waals surface area contributed by atoms with Crippen LogP contribution in [-0.2, 0) is 16.0 Å². The van der Waals surface area contributed by atoms with Crippen molar-refractivity contribution in [3.63, 3.8) is 0 Å². The number of non-ortho nitro benzene ring substituents is 1. The molecular formula is C20H15N3O6. The molecule has 4 amide bonds. The third-order valence-electron chi connectivity index (χ3n) is 4.63. The molecule has 146 valence electrons. The number of ether oxygens (including phenoxy) is 1. The Balaban J connectivity index is 1.71. The average Bonchev–Trinajstić information content (AvgIpc) is 3.04. The summed E-state index contributed by atoms with van der Waals surface area (Å²) >= 11 is 0. The summed E-state index contributed by atoms with van der Waals surface area (Å²) in [6.45, 7) is 1.94. The molecule has 9 heteroatoms. The van der Waals surface area contributed by atoms with Crippen LogP contribution in [0, 0.1) is 10.1 Å². The van der Waals surface area contributed by atoms with Crippen LogP contribution in [0.4, 0.5) is 16.2 Å². The lowest BCUT2D eigenvalue weighted by Gasteiger charge is -2.26. The Kier molecular flexibility index (Phi) is 4.34. The zero-order valence-electron chi connectivity index (χ0n) is 15.2. The van der Waals surface area contributed by atoms with Gasteiger partial charge in [-0.25, -0.2) is 9.69 Å². The number of nitro benzene ring substituents is 1. The largest absolute Gasteiger partial charge is 0.490 e. The van der Waals surface area contributed by atoms with Crippen LogP contribution >= 0.6 is 0 Å². The minimum Gasteiger partial charge on any atom is -0.490 e. The van der Waals surface area contributed by atoms with Gasteiger partial charge in [-0.3, -0.25) is 25.0 Å². The molecule has 2 heterocycles. The number of benzene rings is 2. The van der Waals surface area contributed by atoms with Crippen molar-refractivity contribution in [2.24, 2.45) is 0 Å². The maximum Gasteiger partial charge on any atom is 0.335 e. The quantitative estimate of drug-likeness (QED) is 0.371. The Morgan fingerprint density at radius 2 is 2.00 bits per heavy atom. The lowest BCUT2D eigenvalue weighted by atomic mass is 10.0. The van der Waals surface area contributed by atoms with Gasteiger partial charge >= 0.3 is 6.03 Å². The SMILES string of the molecule is C[C@@H]1Cc2cc(/C=C3/C(=O)NC(=O)N(c4cccc([N+](=O)[O-])c4)C3=O)ccc2O1. The van der Waals surface area contributed by atoms with Crippen LogP contribution in [0.25, 0.3) is 6.08 Å². The molecule has 1 fully saturated rings. The Hall–Kier alpha value is -4.01. The number of barbiturate groups is 1. The van der Waals surface area contributed by atoms with Crippen molar-refractivity contribution in [3.05, 3.63) is 69.3 Å². The second-order valence-corrected chi connectivity index (χ2v) is 6.73. The van der Waals surface area contributed by atoms with Crippen molar-refractivity contribution in [2.45, 2.75) is 19.4 Å². The summed E-state index contributed by atoms with van der Waals surface area (Å²) in [4.78, 5) is 48.5. The Labute approximate surface area is 164 Å². The molecule has 0 aliphatic carbocycles. The molecule has 29 heavy (non-hydrogen) atoms. The second-order valence-electron chi connectivity index (χ2n) is 6.73. The first-order valence-electron chi connectivity index (χ1n) is 8.79. The number of hydrogen-bond acceptors (Lipinski definition) is 6. The van der Waals surface area contributed by atoms with Crippen molar-refractivity contribution in [2.75, 3.05) is 4.90 Å². The van der Waals surface area contributed by atoms with Gasteiger partial charge in [0.2, 0.25) is 0 Å². The number of fused-ring (bicyclic) bond motifs is 1. The van der Waals surface area contributed by atoms with Gasteiger partial charge in [-0.05, 0) is 42.3 Å². The third kappa shape index (κ3) is 3.33. The Bertz CT molecular complexity index is 1110. The van der Waals surface area contributed by atoms with Gasteiger partial charge in [0, 0.05) is 18.6 Å². The maximum atomic E-state index is 12.9. The molecule has 2 aromatic rings. The molecule has 4 rings (SSSR count). The summed E-state index contributed by atoms with van der Waals surface area (Å²) in [7, 11) is 0. The van der Waals surface area contributed by atoms with Crippen molar-refractivity contribution in [1.29, 1.82) is 0 Å². The first-order valence-corrected chi connectivity index (χ1v) is 8.79. The number of amides is 4. The monoisotopic (exact) mass is 393 g/mol. The van der Waals surface area contributed by atoms with Gasteiger partial charge in [-0.1, -0.05) is 12.1 Å². The molecule has 0 spiro atoms. The molecule has 9 nitrogen and oxygen atoms in total. The van der Waals surface area contributed by atoms with Crippen LogP contribution in [0.15, 0.2) is 48.0 Å². The molecular weight excluding hydrogens is 378 g/mol. The molecule has 2 aromatic carbocycles. The van der Waals surface area contributed by atoms with Crippen molar-refractivity contribution in [1.82, 2.24) is 5.32 Å². The van der Waals surface area contributed by atoms with Crippen molar-refractivity contribution in [3.8, 4) is 5.75 Å². The van der Waals surface area contributed by atoms with Crippen LogP contribution in [-0.4, -0.2) is 28.9 Å². The molecule has 0 radical (unpaired) electrons. The van der Waals surface area contributed by atoms with E-state index in [1.165, 1.54) is 24.3 Å². The highest BCUT2D eigenvalue weighted by Crippen LogP contribution is 2.31. The van der Waals surface area contributed by atoms with E-state index in [0.29, 0.717) is 16.9 Å². The van der Waals surface area contributed by atoms with Gasteiger partial charge in [-0.2, -0.15) is 0 Å². The molecule has 0 unspecified atom stereocenters. The van der Waals surface area contributed by atoms with Gasteiger partial charge in [-0.15, -0.1) is 0 Å². The number of nitrogens with one attached hydrogen (secondary N) is 1. The van der Waals surface area contributed by atoms with E-state index in [0.717, 1.165) is 17.4 Å². The van der Waals surface area contributed by atoms with Crippen LogP contribution in [0.2, 0.25) is 0 Å². The third-order valence-corrected chi connectivity index (χ3v) is 4.63. The Morgan fingerprint density at radius 1 is 1.21 bits per heavy atom. The molecule has 1 atom stereocenters. The summed E-state index contributed by atoms with van der Waals surface area (Å²) < 4.78 is 5.64. The smallest absolute Gasteiger partial charge is 0.335 e. The van der Waals surface area contributed by atoms with Crippen LogP contribution < -0.4 is 15.0 Å². The van der Waals surface area contributed by atoms with E-state index in [1.807, 2.05) is 13.0 Å². The number of anilines is 1. The number of hydrogen-bond donors (Lipinski definition) is 1. The fraction of sp³-hybridized carbons (Fsp3) is 0.150.